The Balaban J connectivity index is 1.62. The molecule has 3 aromatic heterocycles. The fourth-order valence-electron chi connectivity index (χ4n) is 3.15. The monoisotopic (exact) mass is 391 g/mol. The molecule has 0 aliphatic rings. The smallest absolute Gasteiger partial charge is 0.259 e. The summed E-state index contributed by atoms with van der Waals surface area (Å²) in [5, 5.41) is 11.9. The Kier molecular flexibility index (Phi) is 4.99. The van der Waals surface area contributed by atoms with Crippen LogP contribution in [-0.4, -0.2) is 39.5 Å². The maximum absolute atomic E-state index is 12.9. The maximum Gasteiger partial charge on any atom is 0.259 e. The lowest BCUT2D eigenvalue weighted by Gasteiger charge is -2.09. The molecule has 3 heterocycles. The van der Waals surface area contributed by atoms with Gasteiger partial charge in [0, 0.05) is 18.3 Å². The Morgan fingerprint density at radius 1 is 1.21 bits per heavy atom. The van der Waals surface area contributed by atoms with E-state index in [-0.39, 0.29) is 5.91 Å². The number of pyridine rings is 1. The number of hydrogen-bond acceptors (Lipinski definition) is 6. The molecule has 8 heteroatoms. The van der Waals surface area contributed by atoms with Crippen LogP contribution in [0.5, 0.6) is 5.75 Å². The van der Waals surface area contributed by atoms with E-state index < -0.39 is 0 Å². The molecule has 4 rings (SSSR count). The number of carbonyl (C=O) groups excluding carboxylic acids is 1. The molecule has 0 aliphatic carbocycles. The van der Waals surface area contributed by atoms with Crippen LogP contribution in [0.2, 0.25) is 0 Å². The number of benzene rings is 1. The van der Waals surface area contributed by atoms with Gasteiger partial charge in [0.25, 0.3) is 11.6 Å². The molecule has 0 bridgehead atoms. The van der Waals surface area contributed by atoms with Crippen LogP contribution >= 0.6 is 0 Å². The molecule has 0 saturated carbocycles. The van der Waals surface area contributed by atoms with E-state index in [1.165, 1.54) is 0 Å². The topological polar surface area (TPSA) is 95.1 Å². The van der Waals surface area contributed by atoms with Gasteiger partial charge < -0.3 is 14.6 Å². The molecule has 0 unspecified atom stereocenters. The van der Waals surface area contributed by atoms with E-state index in [0.717, 1.165) is 17.0 Å². The van der Waals surface area contributed by atoms with E-state index in [2.05, 4.69) is 20.6 Å². The van der Waals surface area contributed by atoms with Crippen LogP contribution in [0, 0.1) is 13.8 Å². The number of aromatic nitrogens is 4. The highest BCUT2D eigenvalue weighted by atomic mass is 16.5. The Labute approximate surface area is 167 Å². The third-order valence-electron chi connectivity index (χ3n) is 4.65. The molecule has 8 nitrogen and oxygen atoms in total. The van der Waals surface area contributed by atoms with Crippen molar-refractivity contribution in [1.29, 1.82) is 0 Å². The van der Waals surface area contributed by atoms with Crippen molar-refractivity contribution in [2.75, 3.05) is 13.7 Å². The lowest BCUT2D eigenvalue weighted by Crippen LogP contribution is -2.27. The number of carbonyl (C=O) groups is 1. The lowest BCUT2D eigenvalue weighted by atomic mass is 10.0. The van der Waals surface area contributed by atoms with Crippen molar-refractivity contribution in [1.82, 2.24) is 25.2 Å². The minimum absolute atomic E-state index is 0.206. The van der Waals surface area contributed by atoms with Crippen molar-refractivity contribution in [2.24, 2.45) is 0 Å². The van der Waals surface area contributed by atoms with Gasteiger partial charge in [0.2, 0.25) is 0 Å². The maximum atomic E-state index is 12.9. The summed E-state index contributed by atoms with van der Waals surface area (Å²) in [7, 11) is 1.61. The van der Waals surface area contributed by atoms with Gasteiger partial charge in [-0.3, -0.25) is 9.48 Å². The van der Waals surface area contributed by atoms with Crippen molar-refractivity contribution in [3.05, 3.63) is 59.5 Å². The van der Waals surface area contributed by atoms with Gasteiger partial charge in [0.05, 0.1) is 41.7 Å². The van der Waals surface area contributed by atoms with Gasteiger partial charge >= 0.3 is 0 Å². The highest BCUT2D eigenvalue weighted by molar-refractivity contribution is 6.07. The van der Waals surface area contributed by atoms with E-state index in [9.17, 15) is 4.79 Å². The summed E-state index contributed by atoms with van der Waals surface area (Å²) >= 11 is 0. The van der Waals surface area contributed by atoms with E-state index in [4.69, 9.17) is 9.26 Å². The molecular formula is C21H21N5O3. The van der Waals surface area contributed by atoms with Gasteiger partial charge in [-0.15, -0.1) is 0 Å². The van der Waals surface area contributed by atoms with Crippen LogP contribution in [0.15, 0.2) is 47.1 Å². The zero-order chi connectivity index (χ0) is 20.4. The number of methoxy groups -OCH3 is 1. The predicted octanol–water partition coefficient (Wildman–Crippen LogP) is 3.14. The Hall–Kier alpha value is -3.68. The molecule has 1 N–H and O–H groups in total. The van der Waals surface area contributed by atoms with Gasteiger partial charge in [-0.25, -0.2) is 4.98 Å². The number of fused-ring (bicyclic) bond motifs is 1. The second-order valence-electron chi connectivity index (χ2n) is 6.71. The van der Waals surface area contributed by atoms with Crippen molar-refractivity contribution >= 4 is 17.0 Å². The van der Waals surface area contributed by atoms with Crippen molar-refractivity contribution in [3.63, 3.8) is 0 Å². The Bertz CT molecular complexity index is 1160. The Morgan fingerprint density at radius 2 is 2.00 bits per heavy atom. The predicted molar refractivity (Wildman–Crippen MR) is 108 cm³/mol. The average molecular weight is 391 g/mol. The number of amides is 1. The number of nitrogens with one attached hydrogen (secondary N) is 1. The van der Waals surface area contributed by atoms with Crippen LogP contribution in [0.4, 0.5) is 0 Å². The second kappa shape index (κ2) is 7.75. The standard InChI is InChI=1S/C21H21N5O3/c1-13-8-10-26(24-13)11-9-22-20(27)17-12-18(15-4-6-16(28-3)7-5-15)23-21-19(17)14(2)25-29-21/h4-8,10,12H,9,11H2,1-3H3,(H,22,27). The minimum atomic E-state index is -0.206. The van der Waals surface area contributed by atoms with Gasteiger partial charge in [0.15, 0.2) is 0 Å². The summed E-state index contributed by atoms with van der Waals surface area (Å²) in [5.74, 6) is 0.541. The molecule has 4 aromatic rings. The van der Waals surface area contributed by atoms with Crippen LogP contribution in [-0.2, 0) is 6.54 Å². The first kappa shape index (κ1) is 18.7. The number of rotatable bonds is 6. The van der Waals surface area contributed by atoms with Crippen molar-refractivity contribution in [3.8, 4) is 17.0 Å². The van der Waals surface area contributed by atoms with Gasteiger partial charge in [-0.2, -0.15) is 5.10 Å². The molecule has 0 spiro atoms. The summed E-state index contributed by atoms with van der Waals surface area (Å²) in [6, 6.07) is 11.2. The molecule has 29 heavy (non-hydrogen) atoms. The van der Waals surface area contributed by atoms with Crippen LogP contribution < -0.4 is 10.1 Å². The number of ether oxygens (including phenoxy) is 1. The van der Waals surface area contributed by atoms with Gasteiger partial charge in [-0.1, -0.05) is 5.16 Å². The van der Waals surface area contributed by atoms with E-state index in [1.807, 2.05) is 43.5 Å². The molecule has 0 radical (unpaired) electrons. The molecule has 1 aromatic carbocycles. The average Bonchev–Trinajstić information content (AvgIpc) is 3.32. The van der Waals surface area contributed by atoms with E-state index in [1.54, 1.807) is 24.8 Å². The van der Waals surface area contributed by atoms with Crippen LogP contribution in [0.25, 0.3) is 22.4 Å². The summed E-state index contributed by atoms with van der Waals surface area (Å²) in [4.78, 5) is 17.5. The third kappa shape index (κ3) is 3.82. The first-order valence-electron chi connectivity index (χ1n) is 9.25. The van der Waals surface area contributed by atoms with E-state index >= 15 is 0 Å². The Morgan fingerprint density at radius 3 is 2.69 bits per heavy atom. The summed E-state index contributed by atoms with van der Waals surface area (Å²) in [6.07, 6.45) is 1.89. The fourth-order valence-corrected chi connectivity index (χ4v) is 3.15. The normalized spacial score (nSPS) is 11.0. The molecule has 0 saturated heterocycles. The first-order valence-corrected chi connectivity index (χ1v) is 9.25. The largest absolute Gasteiger partial charge is 0.497 e. The van der Waals surface area contributed by atoms with E-state index in [0.29, 0.717) is 41.1 Å². The molecule has 0 fully saturated rings. The van der Waals surface area contributed by atoms with Crippen molar-refractivity contribution < 1.29 is 14.1 Å². The highest BCUT2D eigenvalue weighted by Crippen LogP contribution is 2.28. The summed E-state index contributed by atoms with van der Waals surface area (Å²) in [6.45, 7) is 4.76. The lowest BCUT2D eigenvalue weighted by molar-refractivity contribution is 0.0953. The zero-order valence-electron chi connectivity index (χ0n) is 16.5. The molecule has 0 atom stereocenters. The quantitative estimate of drug-likeness (QED) is 0.543. The zero-order valence-corrected chi connectivity index (χ0v) is 16.5. The number of nitrogens with zero attached hydrogens (tertiary/aromatic N) is 4. The molecule has 1 amide bonds. The summed E-state index contributed by atoms with van der Waals surface area (Å²) < 4.78 is 12.3. The number of hydrogen-bond donors (Lipinski definition) is 1. The first-order chi connectivity index (χ1) is 14.0. The molecular weight excluding hydrogens is 370 g/mol. The molecule has 148 valence electrons. The van der Waals surface area contributed by atoms with Crippen molar-refractivity contribution in [2.45, 2.75) is 20.4 Å². The van der Waals surface area contributed by atoms with Crippen LogP contribution in [0.1, 0.15) is 21.7 Å². The third-order valence-corrected chi connectivity index (χ3v) is 4.65. The fraction of sp³-hybridized carbons (Fsp3) is 0.238. The minimum Gasteiger partial charge on any atom is -0.497 e. The number of aryl methyl sites for hydroxylation is 2. The van der Waals surface area contributed by atoms with Gasteiger partial charge in [-0.05, 0) is 50.2 Å². The SMILES string of the molecule is COc1ccc(-c2cc(C(=O)NCCn3ccc(C)n3)c3c(C)noc3n2)cc1. The van der Waals surface area contributed by atoms with Gasteiger partial charge in [0.1, 0.15) is 5.75 Å². The van der Waals surface area contributed by atoms with Crippen LogP contribution in [0.3, 0.4) is 0 Å². The highest BCUT2D eigenvalue weighted by Gasteiger charge is 2.19. The summed E-state index contributed by atoms with van der Waals surface area (Å²) in [5.41, 5.74) is 3.87. The second-order valence-corrected chi connectivity index (χ2v) is 6.71. The molecule has 0 aliphatic heterocycles.